The molecule has 0 aliphatic carbocycles. The van der Waals surface area contributed by atoms with Gasteiger partial charge in [0.2, 0.25) is 0 Å². The first-order valence-electron chi connectivity index (χ1n) is 5.89. The van der Waals surface area contributed by atoms with Crippen LogP contribution in [0.3, 0.4) is 0 Å². The average molecular weight is 356 g/mol. The van der Waals surface area contributed by atoms with E-state index >= 15 is 0 Å². The zero-order valence-electron chi connectivity index (χ0n) is 12.0. The van der Waals surface area contributed by atoms with Crippen molar-refractivity contribution in [1.82, 2.24) is 0 Å². The third-order valence-corrected chi connectivity index (χ3v) is 3.81. The fourth-order valence-electron chi connectivity index (χ4n) is 0.300. The number of hydrogen-bond acceptors (Lipinski definition) is 6. The van der Waals surface area contributed by atoms with E-state index < -0.39 is 47.0 Å². The summed E-state index contributed by atoms with van der Waals surface area (Å²) in [5.74, 6) is 0. The molecule has 0 spiro atoms. The third kappa shape index (κ3) is 20.1. The van der Waals surface area contributed by atoms with E-state index in [9.17, 15) is 9.13 Å². The van der Waals surface area contributed by atoms with Crippen LogP contribution < -0.4 is 0 Å². The van der Waals surface area contributed by atoms with Crippen LogP contribution in [0.1, 0.15) is 13.8 Å². The Kier molecular flexibility index (Phi) is 15.7. The smallest absolute Gasteiger partial charge is 0.325 e. The summed E-state index contributed by atoms with van der Waals surface area (Å²) in [6.45, 7) is 1.27. The third-order valence-electron chi connectivity index (χ3n) is 2.17. The van der Waals surface area contributed by atoms with Crippen molar-refractivity contribution in [2.45, 2.75) is 13.8 Å². The van der Waals surface area contributed by atoms with Gasteiger partial charge in [0.15, 0.2) is 0 Å². The van der Waals surface area contributed by atoms with Gasteiger partial charge in [-0.05, 0) is 0 Å². The summed E-state index contributed by atoms with van der Waals surface area (Å²) >= 11 is 0. The van der Waals surface area contributed by atoms with Crippen molar-refractivity contribution in [1.29, 1.82) is 0 Å². The molecule has 12 heteroatoms. The molecule has 0 saturated carbocycles. The largest absolute Gasteiger partial charge is 0.396 e. The maximum atomic E-state index is 9.69. The Bertz CT molecular complexity index is 279. The van der Waals surface area contributed by atoms with Gasteiger partial charge in [0, 0.05) is 12.3 Å². The van der Waals surface area contributed by atoms with Crippen molar-refractivity contribution >= 4 is 15.2 Å². The molecule has 0 unspecified atom stereocenters. The number of aliphatic hydroxyl groups excluding tert-OH is 4. The lowest BCUT2D eigenvalue weighted by Gasteiger charge is -2.23. The van der Waals surface area contributed by atoms with Gasteiger partial charge in [0.05, 0.1) is 31.8 Å². The fourth-order valence-corrected chi connectivity index (χ4v) is 0.300. The van der Waals surface area contributed by atoms with Crippen LogP contribution in [0.15, 0.2) is 0 Å². The molecule has 0 fully saturated rings. The Balaban J connectivity index is -0.000000240. The van der Waals surface area contributed by atoms with Gasteiger partial charge in [-0.25, -0.2) is 0 Å². The van der Waals surface area contributed by atoms with Crippen LogP contribution in [0.25, 0.3) is 0 Å². The van der Waals surface area contributed by atoms with E-state index in [-0.39, 0.29) is 12.3 Å². The molecule has 0 atom stereocenters. The number of hydrogen-bond donors (Lipinski definition) is 8. The monoisotopic (exact) mass is 356 g/mol. The summed E-state index contributed by atoms with van der Waals surface area (Å²) in [5, 5.41) is 34.0. The van der Waals surface area contributed by atoms with Gasteiger partial charge in [0.25, 0.3) is 0 Å². The van der Waals surface area contributed by atoms with Crippen molar-refractivity contribution in [3.8, 4) is 0 Å². The normalized spacial score (nSPS) is 11.9. The Morgan fingerprint density at radius 2 is 0.810 bits per heavy atom. The van der Waals surface area contributed by atoms with E-state index in [1.54, 1.807) is 0 Å². The minimum Gasteiger partial charge on any atom is -0.396 e. The maximum Gasteiger partial charge on any atom is 0.325 e. The van der Waals surface area contributed by atoms with Crippen LogP contribution in [0.5, 0.6) is 0 Å². The first kappa shape index (κ1) is 26.1. The van der Waals surface area contributed by atoms with Crippen molar-refractivity contribution in [3.05, 3.63) is 0 Å². The summed E-state index contributed by atoms with van der Waals surface area (Å²) in [6, 6.07) is 0. The van der Waals surface area contributed by atoms with Gasteiger partial charge in [-0.1, -0.05) is 13.8 Å². The van der Waals surface area contributed by atoms with Gasteiger partial charge in [-0.15, -0.1) is 0 Å². The molecule has 0 aromatic carbocycles. The maximum absolute atomic E-state index is 9.69. The predicted octanol–water partition coefficient (Wildman–Crippen LogP) is -1.69. The molecule has 10 nitrogen and oxygen atoms in total. The van der Waals surface area contributed by atoms with Gasteiger partial charge in [-0.2, -0.15) is 0 Å². The second-order valence-corrected chi connectivity index (χ2v) is 8.02. The second-order valence-electron chi connectivity index (χ2n) is 4.09. The molecule has 0 amide bonds. The Labute approximate surface area is 123 Å². The van der Waals surface area contributed by atoms with E-state index in [1.807, 2.05) is 0 Å². The molecule has 0 heterocycles. The van der Waals surface area contributed by atoms with E-state index in [1.165, 1.54) is 13.8 Å². The standard InChI is InChI=1S/C5H12O4.2C2H7O3P/c6-1-5(2-7,3-8)4-9;2*1-2-6(3,4)5/h6-9H,1-4H2;2*2H2,1H3,(H2,3,4,5). The van der Waals surface area contributed by atoms with Crippen LogP contribution in [0.4, 0.5) is 0 Å². The second kappa shape index (κ2) is 12.7. The van der Waals surface area contributed by atoms with Crippen LogP contribution in [-0.4, -0.2) is 78.8 Å². The number of rotatable bonds is 6. The van der Waals surface area contributed by atoms with Crippen LogP contribution in [0, 0.1) is 5.41 Å². The molecule has 0 bridgehead atoms. The summed E-state index contributed by atoms with van der Waals surface area (Å²) in [4.78, 5) is 31.8. The molecule has 0 rings (SSSR count). The number of aliphatic hydroxyl groups is 4. The quantitative estimate of drug-likeness (QED) is 0.254. The lowest BCUT2D eigenvalue weighted by molar-refractivity contribution is -0.0328. The predicted molar refractivity (Wildman–Crippen MR) is 75.9 cm³/mol. The fraction of sp³-hybridized carbons (Fsp3) is 1.00. The summed E-state index contributed by atoms with van der Waals surface area (Å²) in [7, 11) is -7.29. The van der Waals surface area contributed by atoms with E-state index in [4.69, 9.17) is 40.0 Å². The Morgan fingerprint density at radius 1 is 0.667 bits per heavy atom. The summed E-state index contributed by atoms with van der Waals surface area (Å²) < 4.78 is 19.4. The molecule has 0 aliphatic rings. The van der Waals surface area contributed by atoms with Crippen LogP contribution in [-0.2, 0) is 9.13 Å². The van der Waals surface area contributed by atoms with Crippen molar-refractivity contribution in [3.63, 3.8) is 0 Å². The van der Waals surface area contributed by atoms with Crippen molar-refractivity contribution in [2.24, 2.45) is 5.41 Å². The minimum atomic E-state index is -3.65. The molecule has 0 aliphatic heterocycles. The van der Waals surface area contributed by atoms with E-state index in [2.05, 4.69) is 0 Å². The molecule has 21 heavy (non-hydrogen) atoms. The molecular weight excluding hydrogens is 330 g/mol. The highest BCUT2D eigenvalue weighted by Crippen LogP contribution is 2.32. The lowest BCUT2D eigenvalue weighted by atomic mass is 9.93. The van der Waals surface area contributed by atoms with E-state index in [0.717, 1.165) is 0 Å². The Morgan fingerprint density at radius 3 is 0.810 bits per heavy atom. The SMILES string of the molecule is CCP(=O)(O)O.CCP(=O)(O)O.OCC(CO)(CO)CO. The molecule has 0 radical (unpaired) electrons. The molecular formula is C9H26O10P2. The molecule has 8 N–H and O–H groups in total. The minimum absolute atomic E-state index is 0.0625. The van der Waals surface area contributed by atoms with Crippen LogP contribution in [0.2, 0.25) is 0 Å². The highest BCUT2D eigenvalue weighted by Gasteiger charge is 2.26. The average Bonchev–Trinajstić information content (AvgIpc) is 2.42. The lowest BCUT2D eigenvalue weighted by Crippen LogP contribution is -2.37. The topological polar surface area (TPSA) is 196 Å². The van der Waals surface area contributed by atoms with Crippen molar-refractivity contribution < 1.29 is 49.1 Å². The Hall–Kier alpha value is 0.140. The highest BCUT2D eigenvalue weighted by molar-refractivity contribution is 7.51. The van der Waals surface area contributed by atoms with Gasteiger partial charge < -0.3 is 40.0 Å². The van der Waals surface area contributed by atoms with Gasteiger partial charge in [0.1, 0.15) is 0 Å². The van der Waals surface area contributed by atoms with Gasteiger partial charge >= 0.3 is 15.2 Å². The molecule has 0 saturated heterocycles. The van der Waals surface area contributed by atoms with Gasteiger partial charge in [-0.3, -0.25) is 9.13 Å². The zero-order chi connectivity index (χ0) is 17.7. The molecule has 0 aromatic heterocycles. The first-order chi connectivity index (χ1) is 9.36. The zero-order valence-corrected chi connectivity index (χ0v) is 13.8. The highest BCUT2D eigenvalue weighted by atomic mass is 31.2. The molecule has 0 aromatic rings. The molecule has 132 valence electrons. The van der Waals surface area contributed by atoms with E-state index in [0.29, 0.717) is 0 Å². The van der Waals surface area contributed by atoms with Crippen molar-refractivity contribution in [2.75, 3.05) is 38.8 Å². The summed E-state index contributed by atoms with van der Waals surface area (Å²) in [5.41, 5.74) is -1.11. The summed E-state index contributed by atoms with van der Waals surface area (Å²) in [6.07, 6.45) is -0.125. The first-order valence-corrected chi connectivity index (χ1v) is 9.49. The van der Waals surface area contributed by atoms with Crippen LogP contribution >= 0.6 is 15.2 Å².